The van der Waals surface area contributed by atoms with Crippen molar-refractivity contribution in [1.82, 2.24) is 15.0 Å². The molecular weight excluding hydrogens is 351 g/mol. The Balaban J connectivity index is 2.40. The smallest absolute Gasteiger partial charge is 0.140 e. The van der Waals surface area contributed by atoms with E-state index in [1.54, 1.807) is 12.4 Å². The SMILES string of the molecule is CC(C)(C)c1nc(Cc2ccncc2)nc(N)c1I. The predicted octanol–water partition coefficient (Wildman–Crippen LogP) is 2.95. The normalized spacial score (nSPS) is 11.6. The molecule has 0 unspecified atom stereocenters. The minimum absolute atomic E-state index is 0.0411. The van der Waals surface area contributed by atoms with Crippen molar-refractivity contribution in [2.75, 3.05) is 5.73 Å². The number of halogens is 1. The molecule has 2 aromatic heterocycles. The average molecular weight is 368 g/mol. The van der Waals surface area contributed by atoms with Crippen LogP contribution in [0, 0.1) is 3.57 Å². The van der Waals surface area contributed by atoms with Crippen molar-refractivity contribution in [3.63, 3.8) is 0 Å². The molecule has 0 aromatic carbocycles. The lowest BCUT2D eigenvalue weighted by atomic mass is 9.92. The van der Waals surface area contributed by atoms with Gasteiger partial charge in [0.25, 0.3) is 0 Å². The Morgan fingerprint density at radius 2 is 1.79 bits per heavy atom. The van der Waals surface area contributed by atoms with Crippen molar-refractivity contribution in [3.05, 3.63) is 45.2 Å². The fourth-order valence-corrected chi connectivity index (χ4v) is 2.82. The van der Waals surface area contributed by atoms with Crippen LogP contribution in [0.2, 0.25) is 0 Å². The quantitative estimate of drug-likeness (QED) is 0.828. The van der Waals surface area contributed by atoms with Crippen molar-refractivity contribution in [1.29, 1.82) is 0 Å². The number of rotatable bonds is 2. The summed E-state index contributed by atoms with van der Waals surface area (Å²) in [6.45, 7) is 6.40. The van der Waals surface area contributed by atoms with Gasteiger partial charge in [0.2, 0.25) is 0 Å². The number of pyridine rings is 1. The third-order valence-corrected chi connectivity index (χ3v) is 3.81. The molecule has 0 aliphatic carbocycles. The van der Waals surface area contributed by atoms with Gasteiger partial charge in [-0.15, -0.1) is 0 Å². The molecule has 2 heterocycles. The van der Waals surface area contributed by atoms with Gasteiger partial charge < -0.3 is 5.73 Å². The highest BCUT2D eigenvalue weighted by atomic mass is 127. The Bertz CT molecular complexity index is 576. The Morgan fingerprint density at radius 3 is 2.37 bits per heavy atom. The number of nitrogens with two attached hydrogens (primary N) is 1. The molecule has 0 saturated heterocycles. The van der Waals surface area contributed by atoms with E-state index in [1.807, 2.05) is 12.1 Å². The first kappa shape index (κ1) is 14.2. The molecule has 0 spiro atoms. The number of hydrogen-bond acceptors (Lipinski definition) is 4. The van der Waals surface area contributed by atoms with E-state index < -0.39 is 0 Å². The topological polar surface area (TPSA) is 64.7 Å². The predicted molar refractivity (Wildman–Crippen MR) is 84.9 cm³/mol. The van der Waals surface area contributed by atoms with Gasteiger partial charge in [-0.05, 0) is 40.3 Å². The number of anilines is 1. The van der Waals surface area contributed by atoms with Gasteiger partial charge in [-0.3, -0.25) is 4.98 Å². The first-order chi connectivity index (χ1) is 8.88. The van der Waals surface area contributed by atoms with E-state index in [0.29, 0.717) is 12.2 Å². The molecule has 5 heteroatoms. The molecule has 2 N–H and O–H groups in total. The largest absolute Gasteiger partial charge is 0.383 e. The maximum atomic E-state index is 6.00. The van der Waals surface area contributed by atoms with Crippen molar-refractivity contribution in [3.8, 4) is 0 Å². The second-order valence-corrected chi connectivity index (χ2v) is 6.55. The van der Waals surface area contributed by atoms with Crippen molar-refractivity contribution in [2.24, 2.45) is 0 Å². The van der Waals surface area contributed by atoms with Crippen LogP contribution in [0.4, 0.5) is 5.82 Å². The molecule has 2 rings (SSSR count). The molecule has 0 aliphatic rings. The van der Waals surface area contributed by atoms with E-state index in [9.17, 15) is 0 Å². The summed E-state index contributed by atoms with van der Waals surface area (Å²) in [5.74, 6) is 1.32. The zero-order valence-electron chi connectivity index (χ0n) is 11.3. The molecule has 0 radical (unpaired) electrons. The number of nitrogen functional groups attached to an aromatic ring is 1. The summed E-state index contributed by atoms with van der Waals surface area (Å²) in [4.78, 5) is 13.1. The zero-order chi connectivity index (χ0) is 14.0. The maximum Gasteiger partial charge on any atom is 0.140 e. The third kappa shape index (κ3) is 3.40. The first-order valence-corrected chi connectivity index (χ1v) is 7.17. The zero-order valence-corrected chi connectivity index (χ0v) is 13.5. The van der Waals surface area contributed by atoms with Crippen LogP contribution >= 0.6 is 22.6 Å². The van der Waals surface area contributed by atoms with Gasteiger partial charge in [-0.1, -0.05) is 20.8 Å². The summed E-state index contributed by atoms with van der Waals surface area (Å²) in [7, 11) is 0. The highest BCUT2D eigenvalue weighted by Crippen LogP contribution is 2.28. The van der Waals surface area contributed by atoms with E-state index in [-0.39, 0.29) is 5.41 Å². The van der Waals surface area contributed by atoms with Crippen LogP contribution in [0.15, 0.2) is 24.5 Å². The standard InChI is InChI=1S/C14H17IN4/c1-14(2,3)12-11(15)13(16)19-10(18-12)8-9-4-6-17-7-5-9/h4-7H,8H2,1-3H3,(H2,16,18,19). The molecule has 0 atom stereocenters. The van der Waals surface area contributed by atoms with Crippen LogP contribution in [-0.2, 0) is 11.8 Å². The summed E-state index contributed by atoms with van der Waals surface area (Å²) in [6.07, 6.45) is 4.22. The molecule has 0 aliphatic heterocycles. The minimum atomic E-state index is -0.0411. The van der Waals surface area contributed by atoms with Gasteiger partial charge in [0.05, 0.1) is 9.26 Å². The molecule has 19 heavy (non-hydrogen) atoms. The lowest BCUT2D eigenvalue weighted by Gasteiger charge is -2.20. The number of nitrogens with zero attached hydrogens (tertiary/aromatic N) is 3. The molecule has 0 fully saturated rings. The summed E-state index contributed by atoms with van der Waals surface area (Å²) in [5.41, 5.74) is 8.10. The van der Waals surface area contributed by atoms with Crippen molar-refractivity contribution in [2.45, 2.75) is 32.6 Å². The van der Waals surface area contributed by atoms with Gasteiger partial charge >= 0.3 is 0 Å². The second kappa shape index (κ2) is 5.40. The highest BCUT2D eigenvalue weighted by molar-refractivity contribution is 14.1. The Kier molecular flexibility index (Phi) is 4.03. The van der Waals surface area contributed by atoms with Gasteiger partial charge in [-0.25, -0.2) is 9.97 Å². The molecule has 2 aromatic rings. The van der Waals surface area contributed by atoms with E-state index >= 15 is 0 Å². The lowest BCUT2D eigenvalue weighted by Crippen LogP contribution is -2.19. The van der Waals surface area contributed by atoms with E-state index in [2.05, 4.69) is 58.3 Å². The van der Waals surface area contributed by atoms with Crippen LogP contribution in [0.1, 0.15) is 37.9 Å². The Hall–Kier alpha value is -1.24. The van der Waals surface area contributed by atoms with Gasteiger partial charge in [0.15, 0.2) is 0 Å². The van der Waals surface area contributed by atoms with Crippen LogP contribution < -0.4 is 5.73 Å². The van der Waals surface area contributed by atoms with Crippen molar-refractivity contribution >= 4 is 28.4 Å². The summed E-state index contributed by atoms with van der Waals surface area (Å²) in [6, 6.07) is 3.93. The Morgan fingerprint density at radius 1 is 1.16 bits per heavy atom. The van der Waals surface area contributed by atoms with E-state index in [0.717, 1.165) is 20.7 Å². The van der Waals surface area contributed by atoms with Crippen LogP contribution in [0.3, 0.4) is 0 Å². The van der Waals surface area contributed by atoms with Crippen LogP contribution in [0.25, 0.3) is 0 Å². The molecule has 4 nitrogen and oxygen atoms in total. The summed E-state index contributed by atoms with van der Waals surface area (Å²) in [5, 5.41) is 0. The van der Waals surface area contributed by atoms with E-state index in [1.165, 1.54) is 0 Å². The molecule has 0 bridgehead atoms. The van der Waals surface area contributed by atoms with Gasteiger partial charge in [0.1, 0.15) is 11.6 Å². The molecular formula is C14H17IN4. The highest BCUT2D eigenvalue weighted by Gasteiger charge is 2.22. The number of aromatic nitrogens is 3. The summed E-state index contributed by atoms with van der Waals surface area (Å²) >= 11 is 2.22. The maximum absolute atomic E-state index is 6.00. The fourth-order valence-electron chi connectivity index (χ4n) is 1.77. The minimum Gasteiger partial charge on any atom is -0.383 e. The second-order valence-electron chi connectivity index (χ2n) is 5.47. The lowest BCUT2D eigenvalue weighted by molar-refractivity contribution is 0.559. The first-order valence-electron chi connectivity index (χ1n) is 6.09. The monoisotopic (exact) mass is 368 g/mol. The number of hydrogen-bond donors (Lipinski definition) is 1. The summed E-state index contributed by atoms with van der Waals surface area (Å²) < 4.78 is 0.948. The third-order valence-electron chi connectivity index (χ3n) is 2.75. The fraction of sp³-hybridized carbons (Fsp3) is 0.357. The van der Waals surface area contributed by atoms with Crippen LogP contribution in [0.5, 0.6) is 0 Å². The molecule has 0 saturated carbocycles. The Labute approximate surface area is 127 Å². The van der Waals surface area contributed by atoms with Gasteiger partial charge in [0, 0.05) is 24.2 Å². The van der Waals surface area contributed by atoms with E-state index in [4.69, 9.17) is 5.73 Å². The molecule has 100 valence electrons. The molecule has 0 amide bonds. The van der Waals surface area contributed by atoms with Crippen LogP contribution in [-0.4, -0.2) is 15.0 Å². The average Bonchev–Trinajstić information content (AvgIpc) is 2.33. The van der Waals surface area contributed by atoms with Crippen molar-refractivity contribution < 1.29 is 0 Å². The van der Waals surface area contributed by atoms with Gasteiger partial charge in [-0.2, -0.15) is 0 Å².